The summed E-state index contributed by atoms with van der Waals surface area (Å²) in [6.45, 7) is 4.60. The topological polar surface area (TPSA) is 63.8 Å². The molecule has 0 spiro atoms. The van der Waals surface area contributed by atoms with Crippen molar-refractivity contribution >= 4 is 0 Å². The van der Waals surface area contributed by atoms with Gasteiger partial charge in [-0.3, -0.25) is 4.98 Å². The monoisotopic (exact) mass is 218 g/mol. The summed E-state index contributed by atoms with van der Waals surface area (Å²) in [7, 11) is 0. The van der Waals surface area contributed by atoms with Crippen LogP contribution in [0.4, 0.5) is 0 Å². The Hall–Kier alpha value is -1.75. The van der Waals surface area contributed by atoms with Crippen molar-refractivity contribution in [1.82, 2.24) is 20.6 Å². The van der Waals surface area contributed by atoms with E-state index in [2.05, 4.69) is 32.2 Å². The van der Waals surface area contributed by atoms with Crippen molar-refractivity contribution in [3.63, 3.8) is 0 Å². The van der Waals surface area contributed by atoms with E-state index in [1.54, 1.807) is 6.20 Å². The van der Waals surface area contributed by atoms with Gasteiger partial charge in [0.05, 0.1) is 0 Å². The molecule has 0 fully saturated rings. The number of nitrogens with zero attached hydrogens (tertiary/aromatic N) is 3. The molecule has 0 bridgehead atoms. The van der Waals surface area contributed by atoms with Crippen LogP contribution >= 0.6 is 0 Å². The molecule has 0 radical (unpaired) electrons. The standard InChI is InChI=1S/C11H14N4O/c1-8(10-4-3-5-12-6-10)13-7-11-9(2)14-16-15-11/h3-6,8,13H,7H2,1-2H3/t8-/m1/s1. The van der Waals surface area contributed by atoms with Crippen LogP contribution in [0.3, 0.4) is 0 Å². The molecule has 0 unspecified atom stereocenters. The van der Waals surface area contributed by atoms with E-state index in [1.165, 1.54) is 0 Å². The minimum absolute atomic E-state index is 0.227. The maximum absolute atomic E-state index is 4.63. The molecule has 1 atom stereocenters. The summed E-state index contributed by atoms with van der Waals surface area (Å²) in [6.07, 6.45) is 3.62. The van der Waals surface area contributed by atoms with Crippen molar-refractivity contribution in [2.45, 2.75) is 26.4 Å². The maximum Gasteiger partial charge on any atom is 0.121 e. The molecule has 1 N–H and O–H groups in total. The summed E-state index contributed by atoms with van der Waals surface area (Å²) >= 11 is 0. The van der Waals surface area contributed by atoms with E-state index < -0.39 is 0 Å². The highest BCUT2D eigenvalue weighted by Gasteiger charge is 2.08. The third kappa shape index (κ3) is 2.43. The van der Waals surface area contributed by atoms with Crippen molar-refractivity contribution in [3.8, 4) is 0 Å². The Morgan fingerprint density at radius 2 is 2.31 bits per heavy atom. The average Bonchev–Trinajstić information content (AvgIpc) is 2.73. The van der Waals surface area contributed by atoms with Crippen LogP contribution in [0.1, 0.15) is 29.9 Å². The molecule has 2 aromatic heterocycles. The number of hydrogen-bond acceptors (Lipinski definition) is 5. The number of aryl methyl sites for hydroxylation is 1. The van der Waals surface area contributed by atoms with Gasteiger partial charge in [-0.25, -0.2) is 4.63 Å². The summed E-state index contributed by atoms with van der Waals surface area (Å²) in [6, 6.07) is 4.19. The summed E-state index contributed by atoms with van der Waals surface area (Å²) in [4.78, 5) is 4.08. The highest BCUT2D eigenvalue weighted by Crippen LogP contribution is 2.11. The predicted molar refractivity (Wildman–Crippen MR) is 58.5 cm³/mol. The van der Waals surface area contributed by atoms with Crippen LogP contribution in [0.25, 0.3) is 0 Å². The molecular formula is C11H14N4O. The van der Waals surface area contributed by atoms with Gasteiger partial charge in [0.25, 0.3) is 0 Å². The quantitative estimate of drug-likeness (QED) is 0.844. The Morgan fingerprint density at radius 3 is 2.94 bits per heavy atom. The molecule has 84 valence electrons. The van der Waals surface area contributed by atoms with Gasteiger partial charge >= 0.3 is 0 Å². The zero-order valence-corrected chi connectivity index (χ0v) is 9.34. The third-order valence-corrected chi connectivity index (χ3v) is 2.51. The second kappa shape index (κ2) is 4.85. The lowest BCUT2D eigenvalue weighted by molar-refractivity contribution is 0.300. The highest BCUT2D eigenvalue weighted by atomic mass is 16.6. The lowest BCUT2D eigenvalue weighted by atomic mass is 10.1. The molecule has 0 aliphatic carbocycles. The van der Waals surface area contributed by atoms with Crippen molar-refractivity contribution in [2.75, 3.05) is 0 Å². The van der Waals surface area contributed by atoms with E-state index in [1.807, 2.05) is 25.3 Å². The van der Waals surface area contributed by atoms with Crippen LogP contribution in [-0.2, 0) is 6.54 Å². The Balaban J connectivity index is 1.94. The third-order valence-electron chi connectivity index (χ3n) is 2.51. The summed E-state index contributed by atoms with van der Waals surface area (Å²) < 4.78 is 4.63. The Morgan fingerprint density at radius 1 is 1.44 bits per heavy atom. The fourth-order valence-corrected chi connectivity index (χ4v) is 1.41. The maximum atomic E-state index is 4.63. The predicted octanol–water partition coefficient (Wildman–Crippen LogP) is 1.62. The molecule has 0 aromatic carbocycles. The molecule has 2 aromatic rings. The first-order valence-electron chi connectivity index (χ1n) is 5.18. The molecule has 0 aliphatic heterocycles. The van der Waals surface area contributed by atoms with Crippen molar-refractivity contribution in [1.29, 1.82) is 0 Å². The minimum Gasteiger partial charge on any atom is -0.304 e. The van der Waals surface area contributed by atoms with Crippen molar-refractivity contribution < 1.29 is 4.63 Å². The first-order chi connectivity index (χ1) is 7.77. The van der Waals surface area contributed by atoms with Gasteiger partial charge in [0.1, 0.15) is 11.4 Å². The van der Waals surface area contributed by atoms with Gasteiger partial charge in [0.15, 0.2) is 0 Å². The molecule has 0 aliphatic rings. The van der Waals surface area contributed by atoms with Gasteiger partial charge in [-0.1, -0.05) is 16.4 Å². The summed E-state index contributed by atoms with van der Waals surface area (Å²) in [5, 5.41) is 10.9. The van der Waals surface area contributed by atoms with Crippen LogP contribution in [0, 0.1) is 6.92 Å². The molecule has 0 saturated heterocycles. The first kappa shape index (κ1) is 10.8. The van der Waals surface area contributed by atoms with Gasteiger partial charge < -0.3 is 5.32 Å². The SMILES string of the molecule is Cc1nonc1CN[C@H](C)c1cccnc1. The van der Waals surface area contributed by atoms with E-state index in [9.17, 15) is 0 Å². The van der Waals surface area contributed by atoms with Gasteiger partial charge in [-0.15, -0.1) is 0 Å². The molecule has 0 saturated carbocycles. The van der Waals surface area contributed by atoms with Crippen LogP contribution in [-0.4, -0.2) is 15.3 Å². The number of pyridine rings is 1. The molecule has 2 rings (SSSR count). The Bertz CT molecular complexity index is 440. The minimum atomic E-state index is 0.227. The average molecular weight is 218 g/mol. The smallest absolute Gasteiger partial charge is 0.121 e. The zero-order valence-electron chi connectivity index (χ0n) is 9.34. The zero-order chi connectivity index (χ0) is 11.4. The fourth-order valence-electron chi connectivity index (χ4n) is 1.41. The highest BCUT2D eigenvalue weighted by molar-refractivity contribution is 5.13. The number of hydrogen-bond donors (Lipinski definition) is 1. The van der Waals surface area contributed by atoms with Crippen LogP contribution in [0.2, 0.25) is 0 Å². The van der Waals surface area contributed by atoms with E-state index in [4.69, 9.17) is 0 Å². The van der Waals surface area contributed by atoms with Gasteiger partial charge in [-0.05, 0) is 25.5 Å². The largest absolute Gasteiger partial charge is 0.304 e. The van der Waals surface area contributed by atoms with Crippen LogP contribution in [0.15, 0.2) is 29.2 Å². The Kier molecular flexibility index (Phi) is 3.26. The van der Waals surface area contributed by atoms with Crippen LogP contribution < -0.4 is 5.32 Å². The van der Waals surface area contributed by atoms with Gasteiger partial charge in [0, 0.05) is 25.0 Å². The normalized spacial score (nSPS) is 12.6. The van der Waals surface area contributed by atoms with Crippen molar-refractivity contribution in [3.05, 3.63) is 41.5 Å². The fraction of sp³-hybridized carbons (Fsp3) is 0.364. The van der Waals surface area contributed by atoms with E-state index in [0.29, 0.717) is 6.54 Å². The van der Waals surface area contributed by atoms with E-state index in [0.717, 1.165) is 17.0 Å². The molecule has 5 heteroatoms. The Labute approximate surface area is 93.9 Å². The molecular weight excluding hydrogens is 204 g/mol. The molecule has 5 nitrogen and oxygen atoms in total. The van der Waals surface area contributed by atoms with E-state index in [-0.39, 0.29) is 6.04 Å². The molecule has 2 heterocycles. The molecule has 16 heavy (non-hydrogen) atoms. The lowest BCUT2D eigenvalue weighted by Crippen LogP contribution is -2.18. The molecule has 0 amide bonds. The second-order valence-electron chi connectivity index (χ2n) is 3.69. The number of aromatic nitrogens is 3. The lowest BCUT2D eigenvalue weighted by Gasteiger charge is -2.12. The van der Waals surface area contributed by atoms with Gasteiger partial charge in [0.2, 0.25) is 0 Å². The number of nitrogens with one attached hydrogen (secondary N) is 1. The van der Waals surface area contributed by atoms with Crippen LogP contribution in [0.5, 0.6) is 0 Å². The van der Waals surface area contributed by atoms with Crippen molar-refractivity contribution in [2.24, 2.45) is 0 Å². The number of rotatable bonds is 4. The first-order valence-corrected chi connectivity index (χ1v) is 5.18. The van der Waals surface area contributed by atoms with Gasteiger partial charge in [-0.2, -0.15) is 0 Å². The van der Waals surface area contributed by atoms with E-state index >= 15 is 0 Å². The summed E-state index contributed by atoms with van der Waals surface area (Å²) in [5.74, 6) is 0. The second-order valence-corrected chi connectivity index (χ2v) is 3.69. The summed E-state index contributed by atoms with van der Waals surface area (Å²) in [5.41, 5.74) is 2.82.